The second kappa shape index (κ2) is 3.87. The molecule has 0 radical (unpaired) electrons. The van der Waals surface area contributed by atoms with Crippen LogP contribution in [0.25, 0.3) is 11.0 Å². The number of aromatic amines is 1. The summed E-state index contributed by atoms with van der Waals surface area (Å²) >= 11 is 0. The van der Waals surface area contributed by atoms with Gasteiger partial charge in [-0.3, -0.25) is 4.79 Å². The third kappa shape index (κ3) is 1.79. The maximum atomic E-state index is 11.6. The van der Waals surface area contributed by atoms with Crippen LogP contribution in [0.4, 0.5) is 0 Å². The summed E-state index contributed by atoms with van der Waals surface area (Å²) in [5.74, 6) is 0.251. The first-order valence-electron chi connectivity index (χ1n) is 5.89. The molecule has 1 aliphatic rings. The van der Waals surface area contributed by atoms with Crippen molar-refractivity contribution in [2.75, 3.05) is 6.61 Å². The summed E-state index contributed by atoms with van der Waals surface area (Å²) in [4.78, 5) is 18.9. The van der Waals surface area contributed by atoms with Gasteiger partial charge in [0.15, 0.2) is 0 Å². The van der Waals surface area contributed by atoms with Crippen LogP contribution in [0.2, 0.25) is 0 Å². The van der Waals surface area contributed by atoms with E-state index in [9.17, 15) is 4.79 Å². The van der Waals surface area contributed by atoms with Crippen LogP contribution in [-0.2, 0) is 9.53 Å². The lowest BCUT2D eigenvalue weighted by Crippen LogP contribution is -2.07. The zero-order chi connectivity index (χ0) is 11.8. The average Bonchev–Trinajstić information content (AvgIpc) is 3.00. The normalized spacial score (nSPS) is 22.6. The highest BCUT2D eigenvalue weighted by Gasteiger charge is 2.45. The van der Waals surface area contributed by atoms with Gasteiger partial charge in [0.2, 0.25) is 0 Å². The van der Waals surface area contributed by atoms with E-state index in [4.69, 9.17) is 4.74 Å². The Labute approximate surface area is 99.0 Å². The van der Waals surface area contributed by atoms with Gasteiger partial charge in [-0.2, -0.15) is 0 Å². The van der Waals surface area contributed by atoms with E-state index >= 15 is 0 Å². The number of hydrogen-bond acceptors (Lipinski definition) is 3. The fourth-order valence-corrected chi connectivity index (χ4v) is 2.23. The van der Waals surface area contributed by atoms with Crippen LogP contribution in [0.1, 0.15) is 24.8 Å². The summed E-state index contributed by atoms with van der Waals surface area (Å²) in [6.45, 7) is 2.29. The number of fused-ring (bicyclic) bond motifs is 1. The lowest BCUT2D eigenvalue weighted by Gasteiger charge is -2.01. The summed E-state index contributed by atoms with van der Waals surface area (Å²) in [5.41, 5.74) is 2.03. The quantitative estimate of drug-likeness (QED) is 0.822. The van der Waals surface area contributed by atoms with Gasteiger partial charge in [0.25, 0.3) is 0 Å². The Bertz CT molecular complexity index is 561. The highest BCUT2D eigenvalue weighted by molar-refractivity contribution is 5.79. The van der Waals surface area contributed by atoms with E-state index in [1.807, 2.05) is 25.4 Å². The lowest BCUT2D eigenvalue weighted by atomic mass is 10.1. The number of nitrogens with one attached hydrogen (secondary N) is 1. The molecule has 17 heavy (non-hydrogen) atoms. The van der Waals surface area contributed by atoms with Crippen molar-refractivity contribution in [1.29, 1.82) is 0 Å². The third-order valence-corrected chi connectivity index (χ3v) is 3.23. The van der Waals surface area contributed by atoms with Crippen LogP contribution in [-0.4, -0.2) is 22.5 Å². The van der Waals surface area contributed by atoms with Crippen molar-refractivity contribution in [1.82, 2.24) is 9.97 Å². The molecule has 0 aromatic carbocycles. The SMILES string of the molecule is CCOC(=O)[C@H]1C[C@@H]1c1cnc2[nH]ccc2c1. The fourth-order valence-electron chi connectivity index (χ4n) is 2.23. The first-order chi connectivity index (χ1) is 8.29. The molecule has 1 aliphatic carbocycles. The van der Waals surface area contributed by atoms with Gasteiger partial charge in [0.05, 0.1) is 12.5 Å². The van der Waals surface area contributed by atoms with Gasteiger partial charge in [-0.1, -0.05) is 0 Å². The predicted molar refractivity (Wildman–Crippen MR) is 63.6 cm³/mol. The number of ether oxygens (including phenoxy) is 1. The van der Waals surface area contributed by atoms with Gasteiger partial charge in [0, 0.05) is 17.8 Å². The summed E-state index contributed by atoms with van der Waals surface area (Å²) < 4.78 is 5.02. The number of nitrogens with zero attached hydrogens (tertiary/aromatic N) is 1. The molecule has 1 fully saturated rings. The van der Waals surface area contributed by atoms with E-state index < -0.39 is 0 Å². The van der Waals surface area contributed by atoms with E-state index in [1.165, 1.54) is 0 Å². The molecule has 2 aromatic rings. The van der Waals surface area contributed by atoms with E-state index in [2.05, 4.69) is 16.0 Å². The third-order valence-electron chi connectivity index (χ3n) is 3.23. The smallest absolute Gasteiger partial charge is 0.309 e. The molecule has 2 atom stereocenters. The molecule has 0 aliphatic heterocycles. The van der Waals surface area contributed by atoms with Crippen molar-refractivity contribution < 1.29 is 9.53 Å². The van der Waals surface area contributed by atoms with Crippen molar-refractivity contribution in [2.24, 2.45) is 5.92 Å². The highest BCUT2D eigenvalue weighted by atomic mass is 16.5. The lowest BCUT2D eigenvalue weighted by molar-refractivity contribution is -0.144. The maximum absolute atomic E-state index is 11.6. The number of aromatic nitrogens is 2. The van der Waals surface area contributed by atoms with E-state index in [0.717, 1.165) is 23.0 Å². The molecular weight excluding hydrogens is 216 g/mol. The Kier molecular flexibility index (Phi) is 2.35. The van der Waals surface area contributed by atoms with Gasteiger partial charge < -0.3 is 9.72 Å². The number of pyridine rings is 1. The van der Waals surface area contributed by atoms with Crippen LogP contribution < -0.4 is 0 Å². The Morgan fingerprint density at radius 2 is 2.53 bits per heavy atom. The fraction of sp³-hybridized carbons (Fsp3) is 0.385. The number of carbonyl (C=O) groups is 1. The van der Waals surface area contributed by atoms with Crippen molar-refractivity contribution in [3.05, 3.63) is 30.1 Å². The Balaban J connectivity index is 1.79. The zero-order valence-electron chi connectivity index (χ0n) is 9.64. The molecule has 4 heteroatoms. The summed E-state index contributed by atoms with van der Waals surface area (Å²) in [6, 6.07) is 4.09. The highest BCUT2D eigenvalue weighted by Crippen LogP contribution is 2.48. The molecule has 0 bridgehead atoms. The second-order valence-corrected chi connectivity index (χ2v) is 4.38. The molecule has 2 aromatic heterocycles. The van der Waals surface area contributed by atoms with E-state index in [1.54, 1.807) is 0 Å². The van der Waals surface area contributed by atoms with Crippen LogP contribution in [0.15, 0.2) is 24.5 Å². The van der Waals surface area contributed by atoms with Crippen LogP contribution in [0, 0.1) is 5.92 Å². The maximum Gasteiger partial charge on any atom is 0.309 e. The summed E-state index contributed by atoms with van der Waals surface area (Å²) in [6.07, 6.45) is 4.61. The molecule has 3 rings (SSSR count). The Morgan fingerprint density at radius 1 is 1.65 bits per heavy atom. The molecule has 4 nitrogen and oxygen atoms in total. The van der Waals surface area contributed by atoms with Gasteiger partial charge in [-0.15, -0.1) is 0 Å². The summed E-state index contributed by atoms with van der Waals surface area (Å²) in [5, 5.41) is 1.09. The molecule has 0 amide bonds. The Morgan fingerprint density at radius 3 is 3.35 bits per heavy atom. The van der Waals surface area contributed by atoms with Gasteiger partial charge in [-0.05, 0) is 37.0 Å². The largest absolute Gasteiger partial charge is 0.466 e. The van der Waals surface area contributed by atoms with Crippen molar-refractivity contribution >= 4 is 17.0 Å². The van der Waals surface area contributed by atoms with Gasteiger partial charge in [-0.25, -0.2) is 4.98 Å². The monoisotopic (exact) mass is 230 g/mol. The minimum Gasteiger partial charge on any atom is -0.466 e. The molecule has 88 valence electrons. The Hall–Kier alpha value is -1.84. The zero-order valence-corrected chi connectivity index (χ0v) is 9.64. The molecular formula is C13H14N2O2. The van der Waals surface area contributed by atoms with E-state index in [0.29, 0.717) is 12.5 Å². The summed E-state index contributed by atoms with van der Waals surface area (Å²) in [7, 11) is 0. The van der Waals surface area contributed by atoms with Crippen LogP contribution >= 0.6 is 0 Å². The minimum absolute atomic E-state index is 0.0353. The minimum atomic E-state index is -0.0772. The van der Waals surface area contributed by atoms with E-state index in [-0.39, 0.29) is 11.9 Å². The number of esters is 1. The first kappa shape index (κ1) is 10.3. The molecule has 1 saturated carbocycles. The average molecular weight is 230 g/mol. The standard InChI is InChI=1S/C13H14N2O2/c1-2-17-13(16)11-6-10(11)9-5-8-3-4-14-12(8)15-7-9/h3-5,7,10-11H,2,6H2,1H3,(H,14,15)/t10-,11+/m1/s1. The molecule has 0 unspecified atom stereocenters. The number of carbonyl (C=O) groups excluding carboxylic acids is 1. The van der Waals surface area contributed by atoms with Gasteiger partial charge >= 0.3 is 5.97 Å². The van der Waals surface area contributed by atoms with Gasteiger partial charge in [0.1, 0.15) is 5.65 Å². The number of rotatable bonds is 3. The molecule has 0 saturated heterocycles. The van der Waals surface area contributed by atoms with Crippen LogP contribution in [0.5, 0.6) is 0 Å². The van der Waals surface area contributed by atoms with Crippen LogP contribution in [0.3, 0.4) is 0 Å². The second-order valence-electron chi connectivity index (χ2n) is 4.38. The topological polar surface area (TPSA) is 55.0 Å². The van der Waals surface area contributed by atoms with Crippen molar-refractivity contribution in [3.8, 4) is 0 Å². The van der Waals surface area contributed by atoms with Crippen molar-refractivity contribution in [2.45, 2.75) is 19.3 Å². The number of H-pyrrole nitrogens is 1. The molecule has 0 spiro atoms. The number of hydrogen-bond donors (Lipinski definition) is 1. The van der Waals surface area contributed by atoms with Crippen molar-refractivity contribution in [3.63, 3.8) is 0 Å². The predicted octanol–water partition coefficient (Wildman–Crippen LogP) is 2.23. The molecule has 2 heterocycles. The first-order valence-corrected chi connectivity index (χ1v) is 5.89. The molecule has 1 N–H and O–H groups in total.